The lowest BCUT2D eigenvalue weighted by atomic mass is 10.0. The van der Waals surface area contributed by atoms with Crippen LogP contribution in [0.2, 0.25) is 0 Å². The van der Waals surface area contributed by atoms with Gasteiger partial charge in [0.05, 0.1) is 0 Å². The van der Waals surface area contributed by atoms with Crippen LogP contribution in [0, 0.1) is 13.8 Å². The molecule has 0 spiro atoms. The molecule has 0 aliphatic carbocycles. The minimum Gasteiger partial charge on any atom is -0.0612 e. The predicted octanol–water partition coefficient (Wildman–Crippen LogP) is 4.91. The fourth-order valence-electron chi connectivity index (χ4n) is 1.94. The van der Waals surface area contributed by atoms with Gasteiger partial charge in [-0.1, -0.05) is 52.6 Å². The highest BCUT2D eigenvalue weighted by Gasteiger charge is 2.00. The summed E-state index contributed by atoms with van der Waals surface area (Å²) < 4.78 is 0. The van der Waals surface area contributed by atoms with Crippen LogP contribution in [0.15, 0.2) is 47.6 Å². The summed E-state index contributed by atoms with van der Waals surface area (Å²) in [5, 5.41) is 3.62. The zero-order valence-corrected chi connectivity index (χ0v) is 9.88. The lowest BCUT2D eigenvalue weighted by molar-refractivity contribution is 1.38. The van der Waals surface area contributed by atoms with Crippen LogP contribution in [0.5, 0.6) is 0 Å². The Balaban J connectivity index is 2.52. The van der Waals surface area contributed by atoms with E-state index in [1.165, 1.54) is 11.1 Å². The molecule has 2 aromatic rings. The number of nitrogens with zero attached hydrogens (tertiary/aromatic N) is 3. The maximum atomic E-state index is 8.43. The van der Waals surface area contributed by atoms with E-state index in [0.717, 1.165) is 11.1 Å². The molecule has 2 rings (SSSR count). The topological polar surface area (TPSA) is 48.8 Å². The summed E-state index contributed by atoms with van der Waals surface area (Å²) in [6.45, 7) is 4.15. The van der Waals surface area contributed by atoms with Gasteiger partial charge in [-0.05, 0) is 36.6 Å². The molecule has 3 nitrogen and oxygen atoms in total. The molecule has 0 aliphatic rings. The molecular weight excluding hydrogens is 210 g/mol. The van der Waals surface area contributed by atoms with Crippen molar-refractivity contribution in [3.05, 3.63) is 64.0 Å². The van der Waals surface area contributed by atoms with E-state index in [4.69, 9.17) is 5.53 Å². The van der Waals surface area contributed by atoms with E-state index in [1.807, 2.05) is 18.2 Å². The third-order valence-electron chi connectivity index (χ3n) is 2.56. The first kappa shape index (κ1) is 11.2. The Labute approximate surface area is 100 Å². The largest absolute Gasteiger partial charge is 0.0612 e. The second kappa shape index (κ2) is 4.73. The summed E-state index contributed by atoms with van der Waals surface area (Å²) in [5.74, 6) is 0. The fourth-order valence-corrected chi connectivity index (χ4v) is 1.94. The van der Waals surface area contributed by atoms with Crippen molar-refractivity contribution in [1.82, 2.24) is 0 Å². The maximum absolute atomic E-state index is 8.43. The monoisotopic (exact) mass is 223 g/mol. The van der Waals surface area contributed by atoms with Gasteiger partial charge in [0.25, 0.3) is 0 Å². The van der Waals surface area contributed by atoms with E-state index in [2.05, 4.69) is 42.1 Å². The van der Waals surface area contributed by atoms with Crippen LogP contribution in [0.3, 0.4) is 0 Å². The zero-order chi connectivity index (χ0) is 12.3. The SMILES string of the molecule is Cc1cc(C)cc(-c2cccc(N=[N+]=[N-])c2)c1. The van der Waals surface area contributed by atoms with Crippen LogP contribution in [-0.4, -0.2) is 0 Å². The molecule has 0 heterocycles. The molecule has 0 aliphatic heterocycles. The molecule has 0 amide bonds. The number of azide groups is 1. The summed E-state index contributed by atoms with van der Waals surface area (Å²) in [6.07, 6.45) is 0. The molecule has 0 N–H and O–H groups in total. The van der Waals surface area contributed by atoms with Crippen molar-refractivity contribution in [2.24, 2.45) is 5.11 Å². The van der Waals surface area contributed by atoms with Gasteiger partial charge in [0.2, 0.25) is 0 Å². The number of benzene rings is 2. The number of aryl methyl sites for hydroxylation is 2. The van der Waals surface area contributed by atoms with Gasteiger partial charge in [-0.15, -0.1) is 0 Å². The number of rotatable bonds is 2. The average Bonchev–Trinajstić information content (AvgIpc) is 2.28. The van der Waals surface area contributed by atoms with Crippen LogP contribution in [-0.2, 0) is 0 Å². The van der Waals surface area contributed by atoms with E-state index in [1.54, 1.807) is 6.07 Å². The van der Waals surface area contributed by atoms with E-state index >= 15 is 0 Å². The van der Waals surface area contributed by atoms with Crippen molar-refractivity contribution < 1.29 is 0 Å². The van der Waals surface area contributed by atoms with E-state index < -0.39 is 0 Å². The standard InChI is InChI=1S/C14H13N3/c1-10-6-11(2)8-13(7-10)12-4-3-5-14(9-12)16-17-15/h3-9H,1-2H3. The maximum Gasteiger partial charge on any atom is 0.0381 e. The Bertz CT molecular complexity index is 576. The quantitative estimate of drug-likeness (QED) is 0.394. The van der Waals surface area contributed by atoms with Crippen LogP contribution in [0.4, 0.5) is 5.69 Å². The van der Waals surface area contributed by atoms with Gasteiger partial charge in [-0.2, -0.15) is 0 Å². The number of hydrogen-bond acceptors (Lipinski definition) is 1. The number of hydrogen-bond donors (Lipinski definition) is 0. The van der Waals surface area contributed by atoms with Crippen LogP contribution >= 0.6 is 0 Å². The van der Waals surface area contributed by atoms with Crippen LogP contribution in [0.1, 0.15) is 11.1 Å². The summed E-state index contributed by atoms with van der Waals surface area (Å²) in [6, 6.07) is 14.0. The Kier molecular flexibility index (Phi) is 3.12. The summed E-state index contributed by atoms with van der Waals surface area (Å²) in [5.41, 5.74) is 13.8. The molecule has 0 saturated carbocycles. The highest BCUT2D eigenvalue weighted by molar-refractivity contribution is 5.68. The van der Waals surface area contributed by atoms with Gasteiger partial charge in [0.1, 0.15) is 0 Å². The molecule has 0 unspecified atom stereocenters. The first-order valence-corrected chi connectivity index (χ1v) is 5.43. The highest BCUT2D eigenvalue weighted by atomic mass is 15.1. The molecule has 0 bridgehead atoms. The minimum absolute atomic E-state index is 0.643. The molecule has 0 radical (unpaired) electrons. The van der Waals surface area contributed by atoms with Gasteiger partial charge < -0.3 is 0 Å². The predicted molar refractivity (Wildman–Crippen MR) is 70.2 cm³/mol. The second-order valence-electron chi connectivity index (χ2n) is 4.12. The smallest absolute Gasteiger partial charge is 0.0381 e. The van der Waals surface area contributed by atoms with Crippen molar-refractivity contribution >= 4 is 5.69 Å². The summed E-state index contributed by atoms with van der Waals surface area (Å²) in [4.78, 5) is 2.80. The lowest BCUT2D eigenvalue weighted by Gasteiger charge is -2.05. The fraction of sp³-hybridized carbons (Fsp3) is 0.143. The average molecular weight is 223 g/mol. The van der Waals surface area contributed by atoms with Crippen LogP contribution in [0.25, 0.3) is 21.6 Å². The van der Waals surface area contributed by atoms with Gasteiger partial charge >= 0.3 is 0 Å². The molecule has 17 heavy (non-hydrogen) atoms. The highest BCUT2D eigenvalue weighted by Crippen LogP contribution is 2.25. The third-order valence-corrected chi connectivity index (χ3v) is 2.56. The molecule has 2 aromatic carbocycles. The molecule has 3 heteroatoms. The molecular formula is C14H13N3. The van der Waals surface area contributed by atoms with Gasteiger partial charge in [-0.3, -0.25) is 0 Å². The minimum atomic E-state index is 0.643. The van der Waals surface area contributed by atoms with Gasteiger partial charge in [0.15, 0.2) is 0 Å². The zero-order valence-electron chi connectivity index (χ0n) is 9.88. The van der Waals surface area contributed by atoms with Gasteiger partial charge in [-0.25, -0.2) is 0 Å². The van der Waals surface area contributed by atoms with Gasteiger partial charge in [0, 0.05) is 10.6 Å². The molecule has 0 fully saturated rings. The van der Waals surface area contributed by atoms with Crippen molar-refractivity contribution in [2.75, 3.05) is 0 Å². The molecule has 0 saturated heterocycles. The lowest BCUT2D eigenvalue weighted by Crippen LogP contribution is -1.82. The van der Waals surface area contributed by atoms with E-state index in [-0.39, 0.29) is 0 Å². The summed E-state index contributed by atoms with van der Waals surface area (Å²) >= 11 is 0. The normalized spacial score (nSPS) is 9.76. The van der Waals surface area contributed by atoms with Crippen molar-refractivity contribution in [3.63, 3.8) is 0 Å². The van der Waals surface area contributed by atoms with Crippen molar-refractivity contribution in [2.45, 2.75) is 13.8 Å². The van der Waals surface area contributed by atoms with E-state index in [9.17, 15) is 0 Å². The molecule has 0 aromatic heterocycles. The van der Waals surface area contributed by atoms with Crippen molar-refractivity contribution in [3.8, 4) is 11.1 Å². The van der Waals surface area contributed by atoms with Crippen LogP contribution < -0.4 is 0 Å². The first-order chi connectivity index (χ1) is 8.19. The molecule has 84 valence electrons. The third kappa shape index (κ3) is 2.65. The van der Waals surface area contributed by atoms with E-state index in [0.29, 0.717) is 5.69 Å². The molecule has 0 atom stereocenters. The Morgan fingerprint density at radius 3 is 2.29 bits per heavy atom. The summed E-state index contributed by atoms with van der Waals surface area (Å²) in [7, 11) is 0. The second-order valence-corrected chi connectivity index (χ2v) is 4.12. The Morgan fingerprint density at radius 2 is 1.65 bits per heavy atom. The Morgan fingerprint density at radius 1 is 0.941 bits per heavy atom. The Hall–Kier alpha value is -2.25. The first-order valence-electron chi connectivity index (χ1n) is 5.43. The van der Waals surface area contributed by atoms with Crippen molar-refractivity contribution in [1.29, 1.82) is 0 Å².